The number of phenolic OH excluding ortho intramolecular Hbond substituents is 1. The largest absolute Gasteiger partial charge is 0.507 e. The average molecular weight is 446 g/mol. The minimum Gasteiger partial charge on any atom is -0.507 e. The van der Waals surface area contributed by atoms with Gasteiger partial charge < -0.3 is 14.3 Å². The number of aliphatic imine (C=N–C) groups is 1. The number of aromatic hydroxyl groups is 1. The molecule has 0 spiro atoms. The van der Waals surface area contributed by atoms with Crippen LogP contribution in [0.15, 0.2) is 57.3 Å². The number of fused-ring (bicyclic) bond motifs is 3. The van der Waals surface area contributed by atoms with Crippen LogP contribution in [0.1, 0.15) is 47.0 Å². The van der Waals surface area contributed by atoms with Gasteiger partial charge in [-0.15, -0.1) is 11.3 Å². The Labute approximate surface area is 190 Å². The number of phenols is 1. The second kappa shape index (κ2) is 8.63. The molecular weight excluding hydrogens is 422 g/mol. The highest BCUT2D eigenvalue weighted by molar-refractivity contribution is 7.14. The predicted octanol–water partition coefficient (Wildman–Crippen LogP) is 6.67. The van der Waals surface area contributed by atoms with Gasteiger partial charge in [-0.1, -0.05) is 30.3 Å². The van der Waals surface area contributed by atoms with Gasteiger partial charge in [-0.05, 0) is 43.9 Å². The lowest BCUT2D eigenvalue weighted by atomic mass is 9.94. The molecule has 5 nitrogen and oxygen atoms in total. The minimum absolute atomic E-state index is 0.146. The molecule has 0 fully saturated rings. The third kappa shape index (κ3) is 3.60. The molecule has 1 aliphatic rings. The second-order valence-corrected chi connectivity index (χ2v) is 8.61. The second-order valence-electron chi connectivity index (χ2n) is 7.76. The molecule has 0 aliphatic heterocycles. The van der Waals surface area contributed by atoms with E-state index in [-0.39, 0.29) is 12.4 Å². The first-order valence-electron chi connectivity index (χ1n) is 10.8. The van der Waals surface area contributed by atoms with Crippen LogP contribution in [0.4, 0.5) is 5.00 Å². The molecule has 0 saturated heterocycles. The van der Waals surface area contributed by atoms with Gasteiger partial charge in [0.15, 0.2) is 0 Å². The fraction of sp³-hybridized carbons (Fsp3) is 0.231. The van der Waals surface area contributed by atoms with E-state index in [1.807, 2.05) is 41.8 Å². The van der Waals surface area contributed by atoms with Gasteiger partial charge in [0.2, 0.25) is 0 Å². The first-order chi connectivity index (χ1) is 15.7. The molecule has 6 heteroatoms. The fourth-order valence-electron chi connectivity index (χ4n) is 4.30. The molecule has 2 aromatic carbocycles. The van der Waals surface area contributed by atoms with E-state index in [1.165, 1.54) is 11.3 Å². The summed E-state index contributed by atoms with van der Waals surface area (Å²) >= 11 is 1.38. The van der Waals surface area contributed by atoms with Crippen molar-refractivity contribution in [3.05, 3.63) is 70.3 Å². The summed E-state index contributed by atoms with van der Waals surface area (Å²) in [5, 5.41) is 14.0. The number of carbonyl (C=O) groups is 1. The zero-order chi connectivity index (χ0) is 22.1. The zero-order valence-corrected chi connectivity index (χ0v) is 18.6. The van der Waals surface area contributed by atoms with Gasteiger partial charge in [-0.2, -0.15) is 0 Å². The maximum Gasteiger partial charge on any atom is 0.341 e. The number of thiophene rings is 1. The van der Waals surface area contributed by atoms with Crippen LogP contribution >= 0.6 is 11.3 Å². The van der Waals surface area contributed by atoms with E-state index in [1.54, 1.807) is 19.2 Å². The van der Waals surface area contributed by atoms with Crippen molar-refractivity contribution in [3.8, 4) is 16.9 Å². The first kappa shape index (κ1) is 20.5. The molecule has 1 N–H and O–H groups in total. The molecule has 0 amide bonds. The number of benzene rings is 2. The number of esters is 1. The topological polar surface area (TPSA) is 72.0 Å². The van der Waals surface area contributed by atoms with Crippen molar-refractivity contribution in [2.45, 2.75) is 32.6 Å². The van der Waals surface area contributed by atoms with E-state index in [0.717, 1.165) is 59.1 Å². The van der Waals surface area contributed by atoms with Crippen molar-refractivity contribution in [1.82, 2.24) is 0 Å². The number of hydrogen-bond donors (Lipinski definition) is 1. The number of aryl methyl sites for hydroxylation is 2. The van der Waals surface area contributed by atoms with Crippen LogP contribution in [0, 0.1) is 0 Å². The Morgan fingerprint density at radius 1 is 1.19 bits per heavy atom. The number of carbonyl (C=O) groups excluding carboxylic acids is 1. The SMILES string of the molecule is CCOC(=O)c1c(-c2ccccc2)csc1N=Cc1c(O)ccc2oc3c(c12)CCCC3. The highest BCUT2D eigenvalue weighted by Crippen LogP contribution is 2.40. The van der Waals surface area contributed by atoms with E-state index in [2.05, 4.69) is 4.99 Å². The lowest BCUT2D eigenvalue weighted by molar-refractivity contribution is 0.0529. The maximum absolute atomic E-state index is 12.8. The van der Waals surface area contributed by atoms with Gasteiger partial charge in [0.05, 0.1) is 6.61 Å². The quantitative estimate of drug-likeness (QED) is 0.275. The Morgan fingerprint density at radius 2 is 2.00 bits per heavy atom. The standard InChI is InChI=1S/C26H23NO4S/c1-2-30-26(29)24-19(16-8-4-3-5-9-16)15-32-25(24)27-14-18-20(28)12-13-22-23(18)17-10-6-7-11-21(17)31-22/h3-5,8-9,12-15,28H,2,6-7,10-11H2,1H3. The Bertz CT molecular complexity index is 1320. The molecule has 0 radical (unpaired) electrons. The number of hydrogen-bond acceptors (Lipinski definition) is 6. The highest BCUT2D eigenvalue weighted by atomic mass is 32.1. The number of ether oxygens (including phenoxy) is 1. The summed E-state index contributed by atoms with van der Waals surface area (Å²) in [4.78, 5) is 17.5. The lowest BCUT2D eigenvalue weighted by Gasteiger charge is -2.10. The van der Waals surface area contributed by atoms with Crippen molar-refractivity contribution in [1.29, 1.82) is 0 Å². The van der Waals surface area contributed by atoms with Crippen molar-refractivity contribution in [2.24, 2.45) is 4.99 Å². The molecule has 1 aliphatic carbocycles. The molecule has 2 heterocycles. The third-order valence-electron chi connectivity index (χ3n) is 5.78. The third-order valence-corrected chi connectivity index (χ3v) is 6.67. The molecule has 0 bridgehead atoms. The van der Waals surface area contributed by atoms with E-state index in [9.17, 15) is 9.90 Å². The Kier molecular flexibility index (Phi) is 5.53. The summed E-state index contributed by atoms with van der Waals surface area (Å²) in [7, 11) is 0. The van der Waals surface area contributed by atoms with Crippen molar-refractivity contribution in [3.63, 3.8) is 0 Å². The molecule has 2 aromatic heterocycles. The first-order valence-corrected chi connectivity index (χ1v) is 11.7. The van der Waals surface area contributed by atoms with Gasteiger partial charge in [0.25, 0.3) is 0 Å². The van der Waals surface area contributed by atoms with Crippen molar-refractivity contribution in [2.75, 3.05) is 6.61 Å². The molecule has 162 valence electrons. The van der Waals surface area contributed by atoms with E-state index in [4.69, 9.17) is 9.15 Å². The molecular formula is C26H23NO4S. The number of nitrogens with zero attached hydrogens (tertiary/aromatic N) is 1. The monoisotopic (exact) mass is 445 g/mol. The van der Waals surface area contributed by atoms with Crippen LogP contribution in [-0.2, 0) is 17.6 Å². The maximum atomic E-state index is 12.8. The summed E-state index contributed by atoms with van der Waals surface area (Å²) in [6, 6.07) is 13.2. The molecule has 0 atom stereocenters. The molecule has 32 heavy (non-hydrogen) atoms. The van der Waals surface area contributed by atoms with E-state index >= 15 is 0 Å². The van der Waals surface area contributed by atoms with Crippen LogP contribution < -0.4 is 0 Å². The summed E-state index contributed by atoms with van der Waals surface area (Å²) in [6.07, 6.45) is 5.71. The summed E-state index contributed by atoms with van der Waals surface area (Å²) in [5.41, 5.74) is 4.72. The Hall–Kier alpha value is -3.38. The van der Waals surface area contributed by atoms with Gasteiger partial charge in [-0.25, -0.2) is 9.79 Å². The van der Waals surface area contributed by atoms with E-state index in [0.29, 0.717) is 16.1 Å². The van der Waals surface area contributed by atoms with Crippen molar-refractivity contribution < 1.29 is 19.1 Å². The smallest absolute Gasteiger partial charge is 0.341 e. The van der Waals surface area contributed by atoms with Crippen molar-refractivity contribution >= 4 is 39.5 Å². The Balaban J connectivity index is 1.62. The molecule has 4 aromatic rings. The van der Waals surface area contributed by atoms with Crippen LogP contribution in [0.2, 0.25) is 0 Å². The summed E-state index contributed by atoms with van der Waals surface area (Å²) < 4.78 is 11.4. The van der Waals surface area contributed by atoms with Gasteiger partial charge in [0.1, 0.15) is 27.7 Å². The van der Waals surface area contributed by atoms with Crippen LogP contribution in [0.3, 0.4) is 0 Å². The number of rotatable bonds is 5. The van der Waals surface area contributed by atoms with Gasteiger partial charge >= 0.3 is 5.97 Å². The van der Waals surface area contributed by atoms with Crippen LogP contribution in [-0.4, -0.2) is 23.9 Å². The zero-order valence-electron chi connectivity index (χ0n) is 17.8. The van der Waals surface area contributed by atoms with E-state index < -0.39 is 5.97 Å². The highest BCUT2D eigenvalue weighted by Gasteiger charge is 2.23. The molecule has 0 saturated carbocycles. The number of furan rings is 1. The lowest BCUT2D eigenvalue weighted by Crippen LogP contribution is -2.05. The summed E-state index contributed by atoms with van der Waals surface area (Å²) in [6.45, 7) is 2.07. The van der Waals surface area contributed by atoms with Crippen LogP contribution in [0.5, 0.6) is 5.75 Å². The fourth-order valence-corrected chi connectivity index (χ4v) is 5.21. The Morgan fingerprint density at radius 3 is 2.81 bits per heavy atom. The average Bonchev–Trinajstić information content (AvgIpc) is 3.41. The summed E-state index contributed by atoms with van der Waals surface area (Å²) in [5.74, 6) is 0.747. The predicted molar refractivity (Wildman–Crippen MR) is 127 cm³/mol. The normalized spacial score (nSPS) is 13.5. The minimum atomic E-state index is -0.400. The molecule has 5 rings (SSSR count). The van der Waals surface area contributed by atoms with Crippen LogP contribution in [0.25, 0.3) is 22.1 Å². The van der Waals surface area contributed by atoms with Gasteiger partial charge in [0, 0.05) is 40.1 Å². The molecule has 0 unspecified atom stereocenters. The van der Waals surface area contributed by atoms with Gasteiger partial charge in [-0.3, -0.25) is 0 Å².